The lowest BCUT2D eigenvalue weighted by Gasteiger charge is -2.03. The molecule has 1 N–H and O–H groups in total. The molecule has 0 saturated carbocycles. The van der Waals surface area contributed by atoms with Crippen molar-refractivity contribution in [3.8, 4) is 0 Å². The lowest BCUT2D eigenvalue weighted by Crippen LogP contribution is -2.04. The van der Waals surface area contributed by atoms with Gasteiger partial charge < -0.3 is 4.74 Å². The van der Waals surface area contributed by atoms with Crippen LogP contribution in [0.3, 0.4) is 0 Å². The highest BCUT2D eigenvalue weighted by atomic mass is 32.2. The first-order valence-corrected chi connectivity index (χ1v) is 4.72. The Morgan fingerprint density at radius 2 is 2.29 bits per heavy atom. The van der Waals surface area contributed by atoms with Crippen molar-refractivity contribution >= 4 is 17.9 Å². The summed E-state index contributed by atoms with van der Waals surface area (Å²) in [6.45, 7) is 0. The van der Waals surface area contributed by atoms with Gasteiger partial charge in [-0.2, -0.15) is 0 Å². The fourth-order valence-electron chi connectivity index (χ4n) is 0.952. The highest BCUT2D eigenvalue weighted by Gasteiger charge is 2.12. The Balaban J connectivity index is 3.01. The second kappa shape index (κ2) is 4.97. The molecule has 0 bridgehead atoms. The molecular formula is C9H10FNO2S. The lowest BCUT2D eigenvalue weighted by molar-refractivity contribution is 0.0595. The molecule has 1 aromatic rings. The maximum absolute atomic E-state index is 13.1. The minimum atomic E-state index is -0.666. The molecule has 0 amide bonds. The van der Waals surface area contributed by atoms with Crippen LogP contribution in [-0.4, -0.2) is 20.1 Å². The molecule has 0 spiro atoms. The van der Waals surface area contributed by atoms with Crippen molar-refractivity contribution in [1.29, 1.82) is 0 Å². The summed E-state index contributed by atoms with van der Waals surface area (Å²) in [5.74, 6) is -1.24. The third-order valence-electron chi connectivity index (χ3n) is 1.56. The second-order valence-electron chi connectivity index (χ2n) is 2.44. The second-order valence-corrected chi connectivity index (χ2v) is 3.52. The van der Waals surface area contributed by atoms with Gasteiger partial charge >= 0.3 is 5.97 Å². The van der Waals surface area contributed by atoms with Crippen LogP contribution in [0.1, 0.15) is 10.4 Å². The van der Waals surface area contributed by atoms with Crippen LogP contribution in [0.4, 0.5) is 4.39 Å². The number of benzene rings is 1. The number of carbonyl (C=O) groups is 1. The van der Waals surface area contributed by atoms with Crippen LogP contribution in [0, 0.1) is 5.82 Å². The topological polar surface area (TPSA) is 38.3 Å². The smallest absolute Gasteiger partial charge is 0.340 e. The third-order valence-corrected chi connectivity index (χ3v) is 2.26. The summed E-state index contributed by atoms with van der Waals surface area (Å²) in [6.07, 6.45) is 0. The maximum Gasteiger partial charge on any atom is 0.340 e. The molecule has 0 saturated heterocycles. The highest BCUT2D eigenvalue weighted by molar-refractivity contribution is 7.97. The molecule has 0 aliphatic heterocycles. The molecule has 3 nitrogen and oxygen atoms in total. The van der Waals surface area contributed by atoms with E-state index in [0.717, 1.165) is 4.90 Å². The van der Waals surface area contributed by atoms with Crippen molar-refractivity contribution < 1.29 is 13.9 Å². The summed E-state index contributed by atoms with van der Waals surface area (Å²) < 4.78 is 20.4. The van der Waals surface area contributed by atoms with Crippen molar-refractivity contribution in [2.75, 3.05) is 14.2 Å². The molecular weight excluding hydrogens is 205 g/mol. The fraction of sp³-hybridized carbons (Fsp3) is 0.222. The zero-order valence-corrected chi connectivity index (χ0v) is 8.65. The van der Waals surface area contributed by atoms with Crippen LogP contribution in [-0.2, 0) is 4.74 Å². The average Bonchev–Trinajstić information content (AvgIpc) is 2.20. The standard InChI is InChI=1S/C9H10FNO2S/c1-11-14-6-3-4-8(10)7(5-6)9(12)13-2/h3-5,11H,1-2H3. The molecule has 0 heterocycles. The quantitative estimate of drug-likeness (QED) is 0.616. The summed E-state index contributed by atoms with van der Waals surface area (Å²) in [4.78, 5) is 11.9. The Morgan fingerprint density at radius 3 is 2.86 bits per heavy atom. The van der Waals surface area contributed by atoms with E-state index in [4.69, 9.17) is 0 Å². The Kier molecular flexibility index (Phi) is 3.91. The van der Waals surface area contributed by atoms with E-state index >= 15 is 0 Å². The molecule has 0 aliphatic carbocycles. The first-order chi connectivity index (χ1) is 6.69. The molecule has 0 aliphatic rings. The van der Waals surface area contributed by atoms with E-state index in [1.807, 2.05) is 0 Å². The lowest BCUT2D eigenvalue weighted by atomic mass is 10.2. The Hall–Kier alpha value is -1.07. The van der Waals surface area contributed by atoms with E-state index in [1.165, 1.54) is 31.2 Å². The van der Waals surface area contributed by atoms with Gasteiger partial charge in [-0.15, -0.1) is 0 Å². The summed E-state index contributed by atoms with van der Waals surface area (Å²) >= 11 is 1.30. The van der Waals surface area contributed by atoms with Crippen molar-refractivity contribution in [2.45, 2.75) is 4.90 Å². The number of halogens is 1. The summed E-state index contributed by atoms with van der Waals surface area (Å²) in [7, 11) is 2.96. The van der Waals surface area contributed by atoms with Crippen LogP contribution < -0.4 is 4.72 Å². The summed E-state index contributed by atoms with van der Waals surface area (Å²) in [5, 5.41) is 0. The monoisotopic (exact) mass is 215 g/mol. The molecule has 1 rings (SSSR count). The molecule has 1 aromatic carbocycles. The number of methoxy groups -OCH3 is 1. The van der Waals surface area contributed by atoms with Gasteiger partial charge in [0.1, 0.15) is 5.82 Å². The Bertz CT molecular complexity index is 344. The van der Waals surface area contributed by atoms with Gasteiger partial charge in [0, 0.05) is 4.90 Å². The van der Waals surface area contributed by atoms with Crippen LogP contribution in [0.2, 0.25) is 0 Å². The molecule has 0 atom stereocenters. The molecule has 14 heavy (non-hydrogen) atoms. The largest absolute Gasteiger partial charge is 0.465 e. The van der Waals surface area contributed by atoms with E-state index in [2.05, 4.69) is 9.46 Å². The first-order valence-electron chi connectivity index (χ1n) is 3.90. The minimum absolute atomic E-state index is 0.0484. The van der Waals surface area contributed by atoms with E-state index in [1.54, 1.807) is 13.1 Å². The van der Waals surface area contributed by atoms with Gasteiger partial charge in [-0.3, -0.25) is 4.72 Å². The van der Waals surface area contributed by atoms with Gasteiger partial charge in [-0.1, -0.05) is 0 Å². The predicted octanol–water partition coefficient (Wildman–Crippen LogP) is 1.84. The van der Waals surface area contributed by atoms with Crippen molar-refractivity contribution in [3.63, 3.8) is 0 Å². The van der Waals surface area contributed by atoms with E-state index in [-0.39, 0.29) is 5.56 Å². The van der Waals surface area contributed by atoms with Gasteiger partial charge in [0.2, 0.25) is 0 Å². The highest BCUT2D eigenvalue weighted by Crippen LogP contribution is 2.18. The van der Waals surface area contributed by atoms with Crippen molar-refractivity contribution in [3.05, 3.63) is 29.6 Å². The maximum atomic E-state index is 13.1. The molecule has 0 radical (unpaired) electrons. The van der Waals surface area contributed by atoms with E-state index in [9.17, 15) is 9.18 Å². The molecule has 0 unspecified atom stereocenters. The summed E-state index contributed by atoms with van der Waals surface area (Å²) in [5.41, 5.74) is -0.0484. The zero-order valence-electron chi connectivity index (χ0n) is 7.83. The Labute approximate surface area is 85.8 Å². The molecule has 0 fully saturated rings. The van der Waals surface area contributed by atoms with E-state index in [0.29, 0.717) is 0 Å². The van der Waals surface area contributed by atoms with Crippen LogP contribution in [0.15, 0.2) is 23.1 Å². The van der Waals surface area contributed by atoms with Gasteiger partial charge in [0.15, 0.2) is 0 Å². The predicted molar refractivity (Wildman–Crippen MR) is 52.7 cm³/mol. The van der Waals surface area contributed by atoms with Crippen LogP contribution in [0.25, 0.3) is 0 Å². The number of rotatable bonds is 3. The number of ether oxygens (including phenoxy) is 1. The number of carbonyl (C=O) groups excluding carboxylic acids is 1. The Morgan fingerprint density at radius 1 is 1.57 bits per heavy atom. The van der Waals surface area contributed by atoms with Crippen LogP contribution in [0.5, 0.6) is 0 Å². The SMILES string of the molecule is CNSc1ccc(F)c(C(=O)OC)c1. The number of hydrogen-bond donors (Lipinski definition) is 1. The van der Waals surface area contributed by atoms with Crippen molar-refractivity contribution in [2.24, 2.45) is 0 Å². The number of hydrogen-bond acceptors (Lipinski definition) is 4. The minimum Gasteiger partial charge on any atom is -0.465 e. The van der Waals surface area contributed by atoms with Gasteiger partial charge in [0.25, 0.3) is 0 Å². The molecule has 76 valence electrons. The van der Waals surface area contributed by atoms with Crippen molar-refractivity contribution in [1.82, 2.24) is 4.72 Å². The molecule has 5 heteroatoms. The van der Waals surface area contributed by atoms with Gasteiger partial charge in [-0.05, 0) is 37.2 Å². The fourth-order valence-corrected chi connectivity index (χ4v) is 1.50. The third kappa shape index (κ3) is 2.46. The van der Waals surface area contributed by atoms with Gasteiger partial charge in [-0.25, -0.2) is 9.18 Å². The first kappa shape index (κ1) is 11.0. The normalized spacial score (nSPS) is 9.93. The van der Waals surface area contributed by atoms with Crippen LogP contribution >= 0.6 is 11.9 Å². The van der Waals surface area contributed by atoms with Gasteiger partial charge in [0.05, 0.1) is 12.7 Å². The van der Waals surface area contributed by atoms with E-state index < -0.39 is 11.8 Å². The number of esters is 1. The molecule has 0 aromatic heterocycles. The zero-order chi connectivity index (χ0) is 10.6. The average molecular weight is 215 g/mol. The summed E-state index contributed by atoms with van der Waals surface area (Å²) in [6, 6.07) is 4.28. The number of nitrogens with one attached hydrogen (secondary N) is 1.